The Bertz CT molecular complexity index is 505. The number of phenols is 1. The molecule has 0 amide bonds. The number of unbranched alkanes of at least 4 members (excludes halogenated alkanes) is 9. The SMILES string of the molecule is CCCCCCCCCCCCc1c(O)cccc1CC.O=P(O)(O)O. The summed E-state index contributed by atoms with van der Waals surface area (Å²) >= 11 is 0. The number of benzene rings is 1. The molecule has 1 aromatic carbocycles. The van der Waals surface area contributed by atoms with Crippen LogP contribution in [-0.2, 0) is 17.4 Å². The highest BCUT2D eigenvalue weighted by Gasteiger charge is 2.05. The molecule has 0 unspecified atom stereocenters. The van der Waals surface area contributed by atoms with Gasteiger partial charge in [0, 0.05) is 0 Å². The monoisotopic (exact) mass is 388 g/mol. The van der Waals surface area contributed by atoms with Crippen LogP contribution in [0.2, 0.25) is 0 Å². The molecule has 0 bridgehead atoms. The number of phenolic OH excluding ortho intramolecular Hbond substituents is 1. The summed E-state index contributed by atoms with van der Waals surface area (Å²) in [6.45, 7) is 4.44. The zero-order valence-corrected chi connectivity index (χ0v) is 17.3. The van der Waals surface area contributed by atoms with Gasteiger partial charge in [-0.2, -0.15) is 0 Å². The highest BCUT2D eigenvalue weighted by atomic mass is 31.2. The molecule has 0 saturated heterocycles. The van der Waals surface area contributed by atoms with E-state index in [-0.39, 0.29) is 0 Å². The van der Waals surface area contributed by atoms with E-state index < -0.39 is 7.82 Å². The summed E-state index contributed by atoms with van der Waals surface area (Å²) in [5, 5.41) is 9.97. The van der Waals surface area contributed by atoms with Crippen LogP contribution in [0.4, 0.5) is 0 Å². The summed E-state index contributed by atoms with van der Waals surface area (Å²) in [4.78, 5) is 21.6. The van der Waals surface area contributed by atoms with Crippen LogP contribution in [0.1, 0.15) is 89.2 Å². The molecule has 152 valence electrons. The molecular weight excluding hydrogens is 351 g/mol. The Balaban J connectivity index is 0.00000110. The molecule has 6 heteroatoms. The first-order valence-electron chi connectivity index (χ1n) is 9.87. The number of aryl methyl sites for hydroxylation is 1. The van der Waals surface area contributed by atoms with Gasteiger partial charge in [-0.3, -0.25) is 0 Å². The summed E-state index contributed by atoms with van der Waals surface area (Å²) in [5.74, 6) is 0.491. The van der Waals surface area contributed by atoms with E-state index in [1.54, 1.807) is 0 Å². The lowest BCUT2D eigenvalue weighted by atomic mass is 9.98. The van der Waals surface area contributed by atoms with E-state index in [2.05, 4.69) is 19.9 Å². The third kappa shape index (κ3) is 15.4. The maximum atomic E-state index is 9.97. The van der Waals surface area contributed by atoms with E-state index in [9.17, 15) is 5.11 Å². The molecule has 5 nitrogen and oxygen atoms in total. The lowest BCUT2D eigenvalue weighted by Gasteiger charge is -2.10. The standard InChI is InChI=1S/C20H34O.H3O4P/c1-3-5-6-7-8-9-10-11-12-13-16-19-18(4-2)15-14-17-20(19)21;1-5(2,3)4/h14-15,17,21H,3-13,16H2,1-2H3;(H3,1,2,3,4). The fourth-order valence-corrected chi connectivity index (χ4v) is 3.03. The maximum Gasteiger partial charge on any atom is 0.466 e. The fraction of sp³-hybridized carbons (Fsp3) is 0.700. The van der Waals surface area contributed by atoms with Gasteiger partial charge in [-0.25, -0.2) is 4.57 Å². The van der Waals surface area contributed by atoms with Crippen molar-refractivity contribution in [1.29, 1.82) is 0 Å². The third-order valence-corrected chi connectivity index (χ3v) is 4.41. The van der Waals surface area contributed by atoms with Crippen LogP contribution in [0.15, 0.2) is 18.2 Å². The second-order valence-electron chi connectivity index (χ2n) is 6.71. The average molecular weight is 388 g/mol. The van der Waals surface area contributed by atoms with Crippen molar-refractivity contribution < 1.29 is 24.4 Å². The van der Waals surface area contributed by atoms with Gasteiger partial charge in [-0.15, -0.1) is 0 Å². The highest BCUT2D eigenvalue weighted by Crippen LogP contribution is 2.26. The molecule has 0 aliphatic rings. The molecule has 26 heavy (non-hydrogen) atoms. The minimum Gasteiger partial charge on any atom is -0.508 e. The lowest BCUT2D eigenvalue weighted by Crippen LogP contribution is -1.94. The lowest BCUT2D eigenvalue weighted by molar-refractivity contribution is 0.275. The van der Waals surface area contributed by atoms with Crippen LogP contribution in [-0.4, -0.2) is 19.8 Å². The Kier molecular flexibility index (Phi) is 14.7. The van der Waals surface area contributed by atoms with Crippen LogP contribution < -0.4 is 0 Å². The first kappa shape index (κ1) is 25.1. The van der Waals surface area contributed by atoms with Crippen LogP contribution in [0.25, 0.3) is 0 Å². The molecule has 4 N–H and O–H groups in total. The predicted molar refractivity (Wildman–Crippen MR) is 107 cm³/mol. The number of rotatable bonds is 12. The van der Waals surface area contributed by atoms with Gasteiger partial charge in [-0.05, 0) is 36.5 Å². The van der Waals surface area contributed by atoms with E-state index in [0.29, 0.717) is 5.75 Å². The Morgan fingerprint density at radius 3 is 1.73 bits per heavy atom. The van der Waals surface area contributed by atoms with Crippen molar-refractivity contribution in [2.24, 2.45) is 0 Å². The Hall–Kier alpha value is -0.870. The molecule has 1 rings (SSSR count). The van der Waals surface area contributed by atoms with E-state index in [0.717, 1.165) is 12.8 Å². The largest absolute Gasteiger partial charge is 0.508 e. The number of hydrogen-bond donors (Lipinski definition) is 4. The molecule has 0 aromatic heterocycles. The number of phosphoric acid groups is 1. The normalized spacial score (nSPS) is 11.1. The number of hydrogen-bond acceptors (Lipinski definition) is 2. The summed E-state index contributed by atoms with van der Waals surface area (Å²) in [6, 6.07) is 5.92. The quantitative estimate of drug-likeness (QED) is 0.280. The topological polar surface area (TPSA) is 98.0 Å². The van der Waals surface area contributed by atoms with Crippen molar-refractivity contribution in [1.82, 2.24) is 0 Å². The molecule has 0 spiro atoms. The summed E-state index contributed by atoms with van der Waals surface area (Å²) in [6.07, 6.45) is 15.7. The molecule has 0 heterocycles. The average Bonchev–Trinajstić information content (AvgIpc) is 2.56. The maximum absolute atomic E-state index is 9.97. The van der Waals surface area contributed by atoms with Gasteiger partial charge in [0.15, 0.2) is 0 Å². The van der Waals surface area contributed by atoms with Gasteiger partial charge >= 0.3 is 7.82 Å². The van der Waals surface area contributed by atoms with Gasteiger partial charge in [0.1, 0.15) is 5.75 Å². The van der Waals surface area contributed by atoms with E-state index in [1.807, 2.05) is 12.1 Å². The first-order chi connectivity index (χ1) is 12.3. The summed E-state index contributed by atoms with van der Waals surface area (Å²) in [7, 11) is -4.64. The molecule has 0 aliphatic carbocycles. The molecular formula is C20H37O5P. The zero-order valence-electron chi connectivity index (χ0n) is 16.4. The van der Waals surface area contributed by atoms with Gasteiger partial charge in [0.25, 0.3) is 0 Å². The summed E-state index contributed by atoms with van der Waals surface area (Å²) < 4.78 is 8.88. The van der Waals surface area contributed by atoms with Crippen LogP contribution in [0.5, 0.6) is 5.75 Å². The van der Waals surface area contributed by atoms with Crippen molar-refractivity contribution >= 4 is 7.82 Å². The third-order valence-electron chi connectivity index (χ3n) is 4.41. The van der Waals surface area contributed by atoms with Crippen LogP contribution >= 0.6 is 7.82 Å². The second kappa shape index (κ2) is 15.2. The summed E-state index contributed by atoms with van der Waals surface area (Å²) in [5.41, 5.74) is 2.49. The zero-order chi connectivity index (χ0) is 19.8. The molecule has 0 radical (unpaired) electrons. The first-order valence-corrected chi connectivity index (χ1v) is 11.4. The van der Waals surface area contributed by atoms with Crippen molar-refractivity contribution in [2.75, 3.05) is 0 Å². The highest BCUT2D eigenvalue weighted by molar-refractivity contribution is 7.45. The van der Waals surface area contributed by atoms with Crippen molar-refractivity contribution in [3.63, 3.8) is 0 Å². The molecule has 1 aromatic rings. The molecule has 0 fully saturated rings. The van der Waals surface area contributed by atoms with E-state index >= 15 is 0 Å². The van der Waals surface area contributed by atoms with Gasteiger partial charge in [0.05, 0.1) is 0 Å². The van der Waals surface area contributed by atoms with Gasteiger partial charge < -0.3 is 19.8 Å². The number of aromatic hydroxyl groups is 1. The molecule has 0 atom stereocenters. The predicted octanol–water partition coefficient (Wildman–Crippen LogP) is 5.49. The van der Waals surface area contributed by atoms with Crippen LogP contribution in [0.3, 0.4) is 0 Å². The minimum atomic E-state index is -4.64. The van der Waals surface area contributed by atoms with Crippen LogP contribution in [0, 0.1) is 0 Å². The second-order valence-corrected chi connectivity index (χ2v) is 7.74. The Morgan fingerprint density at radius 2 is 1.27 bits per heavy atom. The van der Waals surface area contributed by atoms with Crippen molar-refractivity contribution in [3.8, 4) is 5.75 Å². The molecule has 0 saturated carbocycles. The Morgan fingerprint density at radius 1 is 0.808 bits per heavy atom. The van der Waals surface area contributed by atoms with Crippen molar-refractivity contribution in [3.05, 3.63) is 29.3 Å². The van der Waals surface area contributed by atoms with E-state index in [1.165, 1.54) is 75.3 Å². The van der Waals surface area contributed by atoms with Crippen molar-refractivity contribution in [2.45, 2.75) is 90.9 Å². The fourth-order valence-electron chi connectivity index (χ4n) is 3.03. The molecule has 0 aliphatic heterocycles. The smallest absolute Gasteiger partial charge is 0.466 e. The minimum absolute atomic E-state index is 0.491. The van der Waals surface area contributed by atoms with Gasteiger partial charge in [0.2, 0.25) is 0 Å². The van der Waals surface area contributed by atoms with Gasteiger partial charge in [-0.1, -0.05) is 83.8 Å². The van der Waals surface area contributed by atoms with E-state index in [4.69, 9.17) is 19.2 Å². The Labute approximate surface area is 158 Å².